The summed E-state index contributed by atoms with van der Waals surface area (Å²) < 4.78 is 5.15. The molecule has 3 aromatic rings. The highest BCUT2D eigenvalue weighted by molar-refractivity contribution is 5.89. The molecule has 1 atom stereocenters. The largest absolute Gasteiger partial charge is 0.481 e. The number of amides is 4. The number of methoxy groups -OCH3 is 1. The first-order valence-electron chi connectivity index (χ1n) is 13.1. The van der Waals surface area contributed by atoms with Crippen LogP contribution in [0.25, 0.3) is 11.1 Å². The average molecular weight is 541 g/mol. The number of hydrogen-bond donors (Lipinski definition) is 1. The van der Waals surface area contributed by atoms with Crippen LogP contribution in [0.15, 0.2) is 85.6 Å². The van der Waals surface area contributed by atoms with Gasteiger partial charge in [-0.25, -0.2) is 19.8 Å². The third-order valence-corrected chi connectivity index (χ3v) is 7.04. The molecule has 0 bridgehead atoms. The zero-order chi connectivity index (χ0) is 28.1. The Kier molecular flexibility index (Phi) is 8.07. The maximum absolute atomic E-state index is 13.5. The summed E-state index contributed by atoms with van der Waals surface area (Å²) in [7, 11) is 1.57. The summed E-state index contributed by atoms with van der Waals surface area (Å²) in [6.07, 6.45) is 2.77. The monoisotopic (exact) mass is 540 g/mol. The van der Waals surface area contributed by atoms with Gasteiger partial charge in [0.15, 0.2) is 0 Å². The van der Waals surface area contributed by atoms with Crippen LogP contribution in [-0.4, -0.2) is 82.1 Å². The van der Waals surface area contributed by atoms with E-state index in [1.807, 2.05) is 60.7 Å². The maximum Gasteiger partial charge on any atom is 0.334 e. The van der Waals surface area contributed by atoms with Gasteiger partial charge in [0.25, 0.3) is 0 Å². The van der Waals surface area contributed by atoms with Crippen molar-refractivity contribution in [3.8, 4) is 17.0 Å². The van der Waals surface area contributed by atoms with Crippen LogP contribution in [0.3, 0.4) is 0 Å². The van der Waals surface area contributed by atoms with Crippen LogP contribution in [0.2, 0.25) is 0 Å². The van der Waals surface area contributed by atoms with E-state index in [9.17, 15) is 14.4 Å². The van der Waals surface area contributed by atoms with E-state index in [0.717, 1.165) is 22.3 Å². The molecule has 5 rings (SSSR count). The second-order valence-electron chi connectivity index (χ2n) is 9.69. The number of hydrazine groups is 1. The number of piperazine rings is 1. The minimum absolute atomic E-state index is 0.00744. The smallest absolute Gasteiger partial charge is 0.334 e. The van der Waals surface area contributed by atoms with Crippen molar-refractivity contribution in [1.29, 1.82) is 0 Å². The van der Waals surface area contributed by atoms with Gasteiger partial charge in [-0.2, -0.15) is 0 Å². The Morgan fingerprint density at radius 2 is 1.82 bits per heavy atom. The van der Waals surface area contributed by atoms with E-state index >= 15 is 0 Å². The molecule has 0 aliphatic carbocycles. The van der Waals surface area contributed by atoms with Crippen molar-refractivity contribution >= 4 is 17.8 Å². The van der Waals surface area contributed by atoms with E-state index in [1.165, 1.54) is 4.90 Å². The lowest BCUT2D eigenvalue weighted by atomic mass is 10.0. The fourth-order valence-corrected chi connectivity index (χ4v) is 5.04. The number of urea groups is 1. The molecule has 2 saturated heterocycles. The molecule has 3 heterocycles. The molecular weight excluding hydrogens is 508 g/mol. The summed E-state index contributed by atoms with van der Waals surface area (Å²) in [6.45, 7) is 4.89. The predicted molar refractivity (Wildman–Crippen MR) is 149 cm³/mol. The van der Waals surface area contributed by atoms with Crippen molar-refractivity contribution in [1.82, 2.24) is 30.1 Å². The predicted octanol–water partition coefficient (Wildman–Crippen LogP) is 2.88. The third kappa shape index (κ3) is 5.81. The number of rotatable bonds is 8. The first-order valence-corrected chi connectivity index (χ1v) is 13.1. The number of pyridine rings is 1. The first kappa shape index (κ1) is 26.9. The lowest BCUT2D eigenvalue weighted by Gasteiger charge is -2.52. The number of aromatic nitrogens is 1. The van der Waals surface area contributed by atoms with Crippen LogP contribution in [0.5, 0.6) is 5.88 Å². The summed E-state index contributed by atoms with van der Waals surface area (Å²) in [4.78, 5) is 47.2. The van der Waals surface area contributed by atoms with E-state index in [4.69, 9.17) is 4.74 Å². The lowest BCUT2D eigenvalue weighted by Crippen LogP contribution is -2.73. The summed E-state index contributed by atoms with van der Waals surface area (Å²) >= 11 is 0. The van der Waals surface area contributed by atoms with E-state index in [0.29, 0.717) is 25.5 Å². The van der Waals surface area contributed by atoms with E-state index in [1.54, 1.807) is 40.4 Å². The molecule has 2 aliphatic rings. The van der Waals surface area contributed by atoms with Gasteiger partial charge in [-0.15, -0.1) is 6.58 Å². The molecule has 0 spiro atoms. The number of carbonyl (C=O) groups is 3. The summed E-state index contributed by atoms with van der Waals surface area (Å²) in [6, 6.07) is 20.9. The van der Waals surface area contributed by atoms with E-state index in [-0.39, 0.29) is 37.5 Å². The van der Waals surface area contributed by atoms with Gasteiger partial charge in [-0.05, 0) is 28.8 Å². The third-order valence-electron chi connectivity index (χ3n) is 7.04. The number of nitrogens with one attached hydrogen (secondary N) is 1. The molecule has 2 aliphatic heterocycles. The van der Waals surface area contributed by atoms with Gasteiger partial charge < -0.3 is 19.9 Å². The molecule has 1 N–H and O–H groups in total. The van der Waals surface area contributed by atoms with Crippen LogP contribution >= 0.6 is 0 Å². The Hall–Kier alpha value is -4.70. The van der Waals surface area contributed by atoms with Crippen LogP contribution in [0, 0.1) is 0 Å². The zero-order valence-corrected chi connectivity index (χ0v) is 22.4. The molecule has 4 amide bonds. The highest BCUT2D eigenvalue weighted by Crippen LogP contribution is 2.26. The minimum Gasteiger partial charge on any atom is -0.481 e. The summed E-state index contributed by atoms with van der Waals surface area (Å²) in [5.41, 5.74) is 3.78. The van der Waals surface area contributed by atoms with Crippen LogP contribution in [0.1, 0.15) is 11.1 Å². The topological polar surface area (TPSA) is 98.3 Å². The SMILES string of the molecule is C=CCN1CC(=O)N2CC(=O)N(Cc3cccc(-c4ccc(OC)nc4)c3)CC2N1C(=O)NCc1ccccc1. The summed E-state index contributed by atoms with van der Waals surface area (Å²) in [5, 5.41) is 6.21. The quantitative estimate of drug-likeness (QED) is 0.442. The number of hydrogen-bond acceptors (Lipinski definition) is 6. The van der Waals surface area contributed by atoms with Gasteiger partial charge in [0.1, 0.15) is 12.7 Å². The standard InChI is InChI=1S/C30H32N6O4/c1-3-14-34-20-29(38)35-21-28(37)33(19-27(35)36(34)30(39)32-16-22-8-5-4-6-9-22)18-23-10-7-11-24(15-23)25-12-13-26(40-2)31-17-25/h3-13,15,17,27H,1,14,16,18-21H2,2H3,(H,32,39). The zero-order valence-electron chi connectivity index (χ0n) is 22.4. The van der Waals surface area contributed by atoms with Gasteiger partial charge in [-0.1, -0.05) is 54.6 Å². The number of nitrogens with zero attached hydrogens (tertiary/aromatic N) is 5. The summed E-state index contributed by atoms with van der Waals surface area (Å²) in [5.74, 6) is 0.178. The number of benzene rings is 2. The van der Waals surface area contributed by atoms with Gasteiger partial charge in [0, 0.05) is 37.5 Å². The minimum atomic E-state index is -0.636. The molecule has 206 valence electrons. The van der Waals surface area contributed by atoms with Crippen molar-refractivity contribution in [2.75, 3.05) is 33.3 Å². The van der Waals surface area contributed by atoms with E-state index in [2.05, 4.69) is 16.9 Å². The first-order chi connectivity index (χ1) is 19.5. The second kappa shape index (κ2) is 12.0. The molecule has 2 aromatic carbocycles. The van der Waals surface area contributed by atoms with Crippen molar-refractivity contribution in [3.05, 3.63) is 96.7 Å². The highest BCUT2D eigenvalue weighted by Gasteiger charge is 2.46. The van der Waals surface area contributed by atoms with Gasteiger partial charge in [-0.3, -0.25) is 9.59 Å². The average Bonchev–Trinajstić information content (AvgIpc) is 2.98. The Morgan fingerprint density at radius 3 is 2.55 bits per heavy atom. The van der Waals surface area contributed by atoms with Gasteiger partial charge in [0.05, 0.1) is 20.2 Å². The maximum atomic E-state index is 13.5. The lowest BCUT2D eigenvalue weighted by molar-refractivity contribution is -0.180. The normalized spacial score (nSPS) is 17.4. The highest BCUT2D eigenvalue weighted by atomic mass is 16.5. The number of carbonyl (C=O) groups excluding carboxylic acids is 3. The molecule has 1 aromatic heterocycles. The molecular formula is C30H32N6O4. The van der Waals surface area contributed by atoms with Crippen molar-refractivity contribution in [2.24, 2.45) is 0 Å². The van der Waals surface area contributed by atoms with E-state index < -0.39 is 6.17 Å². The molecule has 10 heteroatoms. The van der Waals surface area contributed by atoms with Gasteiger partial charge in [0.2, 0.25) is 17.7 Å². The Bertz CT molecular complexity index is 1380. The Labute approximate surface area is 233 Å². The van der Waals surface area contributed by atoms with Gasteiger partial charge >= 0.3 is 6.03 Å². The number of fused-ring (bicyclic) bond motifs is 1. The fourth-order valence-electron chi connectivity index (χ4n) is 5.04. The molecule has 0 saturated carbocycles. The van der Waals surface area contributed by atoms with Crippen molar-refractivity contribution in [2.45, 2.75) is 19.3 Å². The molecule has 2 fully saturated rings. The van der Waals surface area contributed by atoms with Crippen LogP contribution < -0.4 is 10.1 Å². The van der Waals surface area contributed by atoms with Crippen molar-refractivity contribution < 1.29 is 19.1 Å². The molecule has 1 unspecified atom stereocenters. The Morgan fingerprint density at radius 1 is 1.02 bits per heavy atom. The Balaban J connectivity index is 1.35. The molecule has 10 nitrogen and oxygen atoms in total. The fraction of sp³-hybridized carbons (Fsp3) is 0.267. The molecule has 0 radical (unpaired) electrons. The van der Waals surface area contributed by atoms with Crippen LogP contribution in [-0.2, 0) is 22.7 Å². The second-order valence-corrected chi connectivity index (χ2v) is 9.69. The number of ether oxygens (including phenoxy) is 1. The van der Waals surface area contributed by atoms with Crippen LogP contribution in [0.4, 0.5) is 4.79 Å². The molecule has 40 heavy (non-hydrogen) atoms. The van der Waals surface area contributed by atoms with Crippen molar-refractivity contribution in [3.63, 3.8) is 0 Å².